The number of likely N-dealkylation sites (N-methyl/N-ethyl adjacent to an activating group) is 2. The van der Waals surface area contributed by atoms with Crippen LogP contribution in [-0.2, 0) is 14.3 Å². The number of nitrogens with one attached hydrogen (secondary N) is 1. The molecule has 1 N–H and O–H groups in total. The van der Waals surface area contributed by atoms with Gasteiger partial charge in [0, 0.05) is 12.6 Å². The van der Waals surface area contributed by atoms with Crippen LogP contribution in [0.25, 0.3) is 0 Å². The van der Waals surface area contributed by atoms with E-state index in [1.54, 1.807) is 0 Å². The van der Waals surface area contributed by atoms with Gasteiger partial charge in [0.15, 0.2) is 0 Å². The quantitative estimate of drug-likeness (QED) is 0.650. The summed E-state index contributed by atoms with van der Waals surface area (Å²) in [6.45, 7) is 9.67. The average molecular weight is 286 g/mol. The molecular weight excluding hydrogens is 256 g/mol. The highest BCUT2D eigenvalue weighted by molar-refractivity contribution is 5.80. The predicted molar refractivity (Wildman–Crippen MR) is 79.8 cm³/mol. The normalized spacial score (nSPS) is 21.9. The number of hydrogen-bond donors (Lipinski definition) is 1. The number of nitrogens with zero attached hydrogens (tertiary/aromatic N) is 1. The van der Waals surface area contributed by atoms with E-state index in [2.05, 4.69) is 17.3 Å². The van der Waals surface area contributed by atoms with Gasteiger partial charge in [-0.15, -0.1) is 0 Å². The number of carbonyl (C=O) groups excluding carboxylic acids is 1. The molecule has 0 aliphatic carbocycles. The molecule has 1 aliphatic rings. The molecule has 1 saturated heterocycles. The summed E-state index contributed by atoms with van der Waals surface area (Å²) < 4.78 is 10.6. The third-order valence-electron chi connectivity index (χ3n) is 4.01. The Bertz CT molecular complexity index is 293. The first-order valence-corrected chi connectivity index (χ1v) is 7.73. The summed E-state index contributed by atoms with van der Waals surface area (Å²) in [4.78, 5) is 14.4. The highest BCUT2D eigenvalue weighted by Crippen LogP contribution is 2.17. The zero-order chi connectivity index (χ0) is 15.0. The minimum atomic E-state index is -0.572. The second kappa shape index (κ2) is 8.60. The lowest BCUT2D eigenvalue weighted by Gasteiger charge is -2.30. The number of ether oxygens (including phenoxy) is 2. The van der Waals surface area contributed by atoms with E-state index in [1.165, 1.54) is 0 Å². The fourth-order valence-corrected chi connectivity index (χ4v) is 2.68. The van der Waals surface area contributed by atoms with Crippen molar-refractivity contribution in [2.75, 3.05) is 40.0 Å². The third-order valence-corrected chi connectivity index (χ3v) is 4.01. The van der Waals surface area contributed by atoms with E-state index in [4.69, 9.17) is 9.47 Å². The first kappa shape index (κ1) is 17.4. The molecule has 0 radical (unpaired) electrons. The van der Waals surface area contributed by atoms with Crippen molar-refractivity contribution in [1.29, 1.82) is 0 Å². The van der Waals surface area contributed by atoms with Crippen molar-refractivity contribution in [3.8, 4) is 0 Å². The Morgan fingerprint density at radius 2 is 2.25 bits per heavy atom. The van der Waals surface area contributed by atoms with Gasteiger partial charge in [-0.05, 0) is 53.2 Å². The van der Waals surface area contributed by atoms with Crippen molar-refractivity contribution in [3.63, 3.8) is 0 Å². The van der Waals surface area contributed by atoms with Gasteiger partial charge >= 0.3 is 5.97 Å². The van der Waals surface area contributed by atoms with Crippen molar-refractivity contribution in [2.24, 2.45) is 0 Å². The van der Waals surface area contributed by atoms with Crippen molar-refractivity contribution in [3.05, 3.63) is 0 Å². The van der Waals surface area contributed by atoms with Gasteiger partial charge in [0.1, 0.15) is 5.54 Å². The van der Waals surface area contributed by atoms with Crippen LogP contribution in [0.1, 0.15) is 40.0 Å². The van der Waals surface area contributed by atoms with E-state index in [1.807, 2.05) is 20.8 Å². The minimum absolute atomic E-state index is 0.145. The molecule has 0 amide bonds. The average Bonchev–Trinajstić information content (AvgIpc) is 2.93. The van der Waals surface area contributed by atoms with Crippen LogP contribution in [0.2, 0.25) is 0 Å². The Morgan fingerprint density at radius 3 is 2.80 bits per heavy atom. The maximum atomic E-state index is 12.1. The summed E-state index contributed by atoms with van der Waals surface area (Å²) in [5, 5.41) is 3.27. The van der Waals surface area contributed by atoms with Gasteiger partial charge in [0.05, 0.1) is 13.2 Å². The van der Waals surface area contributed by atoms with Crippen LogP contribution in [-0.4, -0.2) is 62.4 Å². The topological polar surface area (TPSA) is 50.8 Å². The van der Waals surface area contributed by atoms with E-state index < -0.39 is 5.54 Å². The summed E-state index contributed by atoms with van der Waals surface area (Å²) in [6, 6.07) is 0.531. The summed E-state index contributed by atoms with van der Waals surface area (Å²) in [6.07, 6.45) is 2.87. The van der Waals surface area contributed by atoms with E-state index in [9.17, 15) is 4.79 Å². The van der Waals surface area contributed by atoms with E-state index in [0.29, 0.717) is 12.6 Å². The first-order valence-electron chi connectivity index (χ1n) is 7.73. The summed E-state index contributed by atoms with van der Waals surface area (Å²) in [5.74, 6) is -0.145. The molecule has 1 fully saturated rings. The van der Waals surface area contributed by atoms with Gasteiger partial charge in [-0.2, -0.15) is 0 Å². The molecule has 0 bridgehead atoms. The second-order valence-electron chi connectivity index (χ2n) is 5.68. The van der Waals surface area contributed by atoms with Crippen LogP contribution in [0.5, 0.6) is 0 Å². The molecule has 2 atom stereocenters. The third kappa shape index (κ3) is 5.04. The number of hydrogen-bond acceptors (Lipinski definition) is 5. The van der Waals surface area contributed by atoms with E-state index in [-0.39, 0.29) is 5.97 Å². The Kier molecular flexibility index (Phi) is 7.48. The van der Waals surface area contributed by atoms with Crippen molar-refractivity contribution in [1.82, 2.24) is 10.2 Å². The highest BCUT2D eigenvalue weighted by atomic mass is 16.5. The van der Waals surface area contributed by atoms with Crippen LogP contribution in [0.3, 0.4) is 0 Å². The minimum Gasteiger partial charge on any atom is -0.465 e. The number of carbonyl (C=O) groups is 1. The molecule has 0 saturated carbocycles. The predicted octanol–water partition coefficient (Wildman–Crippen LogP) is 1.42. The maximum absolute atomic E-state index is 12.1. The fourth-order valence-electron chi connectivity index (χ4n) is 2.68. The molecule has 1 heterocycles. The van der Waals surface area contributed by atoms with Crippen LogP contribution in [0.4, 0.5) is 0 Å². The summed E-state index contributed by atoms with van der Waals surface area (Å²) in [5.41, 5.74) is -0.572. The maximum Gasteiger partial charge on any atom is 0.326 e. The van der Waals surface area contributed by atoms with Gasteiger partial charge < -0.3 is 19.7 Å². The molecule has 5 heteroatoms. The van der Waals surface area contributed by atoms with Crippen LogP contribution in [0.15, 0.2) is 0 Å². The molecule has 1 aliphatic heterocycles. The lowest BCUT2D eigenvalue weighted by Crippen LogP contribution is -2.50. The lowest BCUT2D eigenvalue weighted by molar-refractivity contribution is -0.150. The molecule has 20 heavy (non-hydrogen) atoms. The van der Waals surface area contributed by atoms with E-state index in [0.717, 1.165) is 45.6 Å². The monoisotopic (exact) mass is 286 g/mol. The van der Waals surface area contributed by atoms with Crippen molar-refractivity contribution in [2.45, 2.75) is 51.6 Å². The largest absolute Gasteiger partial charge is 0.465 e. The Hall–Kier alpha value is -0.650. The molecule has 0 aromatic heterocycles. The number of rotatable bonds is 9. The molecule has 0 aromatic rings. The fraction of sp³-hybridized carbons (Fsp3) is 0.933. The van der Waals surface area contributed by atoms with Gasteiger partial charge in [0.2, 0.25) is 0 Å². The van der Waals surface area contributed by atoms with Gasteiger partial charge in [0.25, 0.3) is 0 Å². The molecule has 0 spiro atoms. The zero-order valence-electron chi connectivity index (χ0n) is 13.4. The molecule has 1 rings (SSSR count). The van der Waals surface area contributed by atoms with Gasteiger partial charge in [-0.25, -0.2) is 0 Å². The second-order valence-corrected chi connectivity index (χ2v) is 5.68. The highest BCUT2D eigenvalue weighted by Gasteiger charge is 2.33. The lowest BCUT2D eigenvalue weighted by atomic mass is 9.95. The van der Waals surface area contributed by atoms with Crippen molar-refractivity contribution < 1.29 is 14.3 Å². The van der Waals surface area contributed by atoms with Crippen LogP contribution in [0, 0.1) is 0 Å². The molecule has 0 aromatic carbocycles. The van der Waals surface area contributed by atoms with Crippen LogP contribution < -0.4 is 5.32 Å². The Labute approximate surface area is 123 Å². The molecule has 118 valence electrons. The molecule has 5 nitrogen and oxygen atoms in total. The summed E-state index contributed by atoms with van der Waals surface area (Å²) in [7, 11) is 2.13. The number of esters is 1. The van der Waals surface area contributed by atoms with Gasteiger partial charge in [-0.3, -0.25) is 4.79 Å². The first-order chi connectivity index (χ1) is 9.53. The smallest absolute Gasteiger partial charge is 0.326 e. The standard InChI is InChI=1S/C15H30N2O3/c1-5-16-15(3,14(18)20-6-2)9-7-10-17(4)13-8-11-19-12-13/h13,16H,5-12H2,1-4H3. The summed E-state index contributed by atoms with van der Waals surface area (Å²) >= 11 is 0. The molecule has 2 unspecified atom stereocenters. The Morgan fingerprint density at radius 1 is 1.50 bits per heavy atom. The van der Waals surface area contributed by atoms with Gasteiger partial charge in [-0.1, -0.05) is 6.92 Å². The Balaban J connectivity index is 2.39. The van der Waals surface area contributed by atoms with Crippen molar-refractivity contribution >= 4 is 5.97 Å². The van der Waals surface area contributed by atoms with Crippen LogP contribution >= 0.6 is 0 Å². The molecular formula is C15H30N2O3. The zero-order valence-corrected chi connectivity index (χ0v) is 13.4. The van der Waals surface area contributed by atoms with E-state index >= 15 is 0 Å². The SMILES string of the molecule is CCNC(C)(CCCN(C)C1CCOC1)C(=O)OCC.